The minimum atomic E-state index is -0.276. The highest BCUT2D eigenvalue weighted by Gasteiger charge is 2.29. The molecule has 3 nitrogen and oxygen atoms in total. The SMILES string of the molecule is CC1=CC=CC(C)C1Oc1ccccc1NC=C1C=C=C(C(C)(C)C)C=C(C(C)(C)C)C1=O. The van der Waals surface area contributed by atoms with E-state index < -0.39 is 0 Å². The fourth-order valence-electron chi connectivity index (χ4n) is 3.90. The molecule has 0 aromatic heterocycles. The lowest BCUT2D eigenvalue weighted by atomic mass is 9.79. The van der Waals surface area contributed by atoms with E-state index >= 15 is 0 Å². The monoisotopic (exact) mass is 443 g/mol. The predicted octanol–water partition coefficient (Wildman–Crippen LogP) is 7.56. The lowest BCUT2D eigenvalue weighted by molar-refractivity contribution is -0.112. The van der Waals surface area contributed by atoms with Crippen molar-refractivity contribution in [1.29, 1.82) is 0 Å². The Morgan fingerprint density at radius 1 is 1.06 bits per heavy atom. The molecule has 174 valence electrons. The highest BCUT2D eigenvalue weighted by molar-refractivity contribution is 6.11. The summed E-state index contributed by atoms with van der Waals surface area (Å²) in [6.07, 6.45) is 11.9. The summed E-state index contributed by atoms with van der Waals surface area (Å²) in [7, 11) is 0. The number of rotatable bonds is 4. The second-order valence-electron chi connectivity index (χ2n) is 11.0. The normalized spacial score (nSPS) is 22.5. The molecule has 3 heteroatoms. The molecule has 33 heavy (non-hydrogen) atoms. The maximum absolute atomic E-state index is 13.5. The van der Waals surface area contributed by atoms with Gasteiger partial charge in [-0.15, -0.1) is 5.73 Å². The first-order valence-electron chi connectivity index (χ1n) is 11.7. The first-order valence-corrected chi connectivity index (χ1v) is 11.7. The molecule has 0 bridgehead atoms. The third kappa shape index (κ3) is 5.86. The Bertz CT molecular complexity index is 1110. The Hall–Kier alpha value is -3.03. The number of Topliss-reactive ketones (excluding diaryl/α,β-unsaturated/α-hetero) is 1. The number of allylic oxidation sites excluding steroid dienone is 6. The van der Waals surface area contributed by atoms with Crippen molar-refractivity contribution in [2.24, 2.45) is 16.7 Å². The molecule has 2 aliphatic rings. The van der Waals surface area contributed by atoms with Gasteiger partial charge in [0.2, 0.25) is 0 Å². The van der Waals surface area contributed by atoms with Crippen LogP contribution in [0.3, 0.4) is 0 Å². The Labute approximate surface area is 199 Å². The number of anilines is 1. The summed E-state index contributed by atoms with van der Waals surface area (Å²) in [5, 5.41) is 3.33. The molecule has 0 saturated carbocycles. The standard InChI is InChI=1S/C30H37NO2/c1-20-12-11-13-21(2)28(20)33-26-15-10-9-14-25(26)31-19-22-16-17-23(29(3,4)5)18-24(27(22)32)30(6,7)8/h9-16,18-20,28,31H,1-8H3. The number of hydrogen-bond donors (Lipinski definition) is 1. The Morgan fingerprint density at radius 2 is 1.76 bits per heavy atom. The van der Waals surface area contributed by atoms with E-state index in [2.05, 4.69) is 84.7 Å². The molecule has 0 radical (unpaired) electrons. The van der Waals surface area contributed by atoms with Crippen LogP contribution in [0.5, 0.6) is 5.75 Å². The van der Waals surface area contributed by atoms with Crippen LogP contribution in [0.4, 0.5) is 5.69 Å². The number of carbonyl (C=O) groups is 1. The number of carbonyl (C=O) groups excluding carboxylic acids is 1. The second-order valence-corrected chi connectivity index (χ2v) is 11.0. The smallest absolute Gasteiger partial charge is 0.191 e. The summed E-state index contributed by atoms with van der Waals surface area (Å²) in [5.41, 5.74) is 7.40. The van der Waals surface area contributed by atoms with Crippen LogP contribution in [0.15, 0.2) is 88.9 Å². The zero-order valence-corrected chi connectivity index (χ0v) is 21.2. The summed E-state index contributed by atoms with van der Waals surface area (Å²) in [4.78, 5) is 13.5. The van der Waals surface area contributed by atoms with Gasteiger partial charge in [-0.05, 0) is 53.2 Å². The first kappa shape index (κ1) is 24.6. The number of hydrogen-bond acceptors (Lipinski definition) is 3. The van der Waals surface area contributed by atoms with Gasteiger partial charge in [0.05, 0.1) is 5.69 Å². The summed E-state index contributed by atoms with van der Waals surface area (Å²) >= 11 is 0. The Kier molecular flexibility index (Phi) is 7.05. The van der Waals surface area contributed by atoms with Gasteiger partial charge in [-0.1, -0.05) is 78.8 Å². The number of ether oxygens (including phenoxy) is 1. The van der Waals surface area contributed by atoms with Gasteiger partial charge in [0.15, 0.2) is 5.78 Å². The lowest BCUT2D eigenvalue weighted by Crippen LogP contribution is -2.27. The van der Waals surface area contributed by atoms with Crippen molar-refractivity contribution in [3.05, 3.63) is 88.9 Å². The van der Waals surface area contributed by atoms with Crippen LogP contribution in [0.2, 0.25) is 0 Å². The number of nitrogens with one attached hydrogen (secondary N) is 1. The Morgan fingerprint density at radius 3 is 2.39 bits per heavy atom. The van der Waals surface area contributed by atoms with Crippen LogP contribution < -0.4 is 10.1 Å². The molecule has 0 heterocycles. The van der Waals surface area contributed by atoms with Crippen molar-refractivity contribution in [2.45, 2.75) is 61.5 Å². The van der Waals surface area contributed by atoms with E-state index in [-0.39, 0.29) is 28.6 Å². The van der Waals surface area contributed by atoms with Gasteiger partial charge in [-0.2, -0.15) is 0 Å². The van der Waals surface area contributed by atoms with Crippen LogP contribution in [0, 0.1) is 16.7 Å². The minimum Gasteiger partial charge on any atom is -0.483 e. The molecular weight excluding hydrogens is 406 g/mol. The Balaban J connectivity index is 1.94. The van der Waals surface area contributed by atoms with Gasteiger partial charge in [0.1, 0.15) is 11.9 Å². The van der Waals surface area contributed by atoms with Crippen molar-refractivity contribution >= 4 is 11.5 Å². The number of ketones is 1. The van der Waals surface area contributed by atoms with Crippen LogP contribution in [-0.2, 0) is 4.79 Å². The molecule has 2 atom stereocenters. The van der Waals surface area contributed by atoms with Gasteiger partial charge in [-0.3, -0.25) is 4.79 Å². The van der Waals surface area contributed by atoms with E-state index in [0.29, 0.717) is 5.57 Å². The van der Waals surface area contributed by atoms with E-state index in [9.17, 15) is 4.79 Å². The number of para-hydroxylation sites is 2. The number of benzene rings is 1. The maximum atomic E-state index is 13.5. The molecule has 1 N–H and O–H groups in total. The predicted molar refractivity (Wildman–Crippen MR) is 138 cm³/mol. The average Bonchev–Trinajstić information content (AvgIpc) is 2.89. The molecule has 0 fully saturated rings. The van der Waals surface area contributed by atoms with E-state index in [4.69, 9.17) is 4.74 Å². The summed E-state index contributed by atoms with van der Waals surface area (Å²) < 4.78 is 6.40. The third-order valence-corrected chi connectivity index (χ3v) is 6.02. The molecule has 1 aromatic carbocycles. The zero-order valence-electron chi connectivity index (χ0n) is 21.2. The molecule has 0 spiro atoms. The summed E-state index contributed by atoms with van der Waals surface area (Å²) in [6.45, 7) is 16.9. The van der Waals surface area contributed by atoms with Gasteiger partial charge >= 0.3 is 0 Å². The third-order valence-electron chi connectivity index (χ3n) is 6.02. The minimum absolute atomic E-state index is 0.0160. The van der Waals surface area contributed by atoms with Gasteiger partial charge in [0, 0.05) is 23.3 Å². The molecule has 0 amide bonds. The van der Waals surface area contributed by atoms with Crippen molar-refractivity contribution < 1.29 is 9.53 Å². The second kappa shape index (κ2) is 9.45. The summed E-state index contributed by atoms with van der Waals surface area (Å²) in [6, 6.07) is 7.85. The van der Waals surface area contributed by atoms with Crippen LogP contribution >= 0.6 is 0 Å². The fraction of sp³-hybridized carbons (Fsp3) is 0.400. The van der Waals surface area contributed by atoms with E-state index in [1.54, 1.807) is 12.3 Å². The van der Waals surface area contributed by atoms with Crippen molar-refractivity contribution in [2.75, 3.05) is 5.32 Å². The highest BCUT2D eigenvalue weighted by atomic mass is 16.5. The molecular formula is C30H37NO2. The molecule has 2 aliphatic carbocycles. The molecule has 0 aliphatic heterocycles. The van der Waals surface area contributed by atoms with E-state index in [1.165, 1.54) is 5.57 Å². The molecule has 2 unspecified atom stereocenters. The lowest BCUT2D eigenvalue weighted by Gasteiger charge is -2.27. The van der Waals surface area contributed by atoms with Gasteiger partial charge < -0.3 is 10.1 Å². The van der Waals surface area contributed by atoms with Gasteiger partial charge in [-0.25, -0.2) is 0 Å². The quantitative estimate of drug-likeness (QED) is 0.385. The zero-order chi connectivity index (χ0) is 24.4. The van der Waals surface area contributed by atoms with Crippen molar-refractivity contribution in [3.63, 3.8) is 0 Å². The molecule has 1 aromatic rings. The summed E-state index contributed by atoms with van der Waals surface area (Å²) in [5.74, 6) is 1.06. The first-order chi connectivity index (χ1) is 15.4. The molecule has 0 saturated heterocycles. The van der Waals surface area contributed by atoms with Crippen LogP contribution in [0.1, 0.15) is 55.4 Å². The van der Waals surface area contributed by atoms with Crippen LogP contribution in [-0.4, -0.2) is 11.9 Å². The van der Waals surface area contributed by atoms with E-state index in [0.717, 1.165) is 22.6 Å². The van der Waals surface area contributed by atoms with E-state index in [1.807, 2.05) is 30.3 Å². The topological polar surface area (TPSA) is 38.3 Å². The largest absolute Gasteiger partial charge is 0.483 e. The fourth-order valence-corrected chi connectivity index (χ4v) is 3.90. The van der Waals surface area contributed by atoms with Crippen molar-refractivity contribution in [1.82, 2.24) is 0 Å². The average molecular weight is 444 g/mol. The highest BCUT2D eigenvalue weighted by Crippen LogP contribution is 2.36. The maximum Gasteiger partial charge on any atom is 0.191 e. The van der Waals surface area contributed by atoms with Gasteiger partial charge in [0.25, 0.3) is 0 Å². The van der Waals surface area contributed by atoms with Crippen molar-refractivity contribution in [3.8, 4) is 5.75 Å². The van der Waals surface area contributed by atoms with Crippen LogP contribution in [0.25, 0.3) is 0 Å². The molecule has 3 rings (SSSR count).